The van der Waals surface area contributed by atoms with Crippen LogP contribution in [0, 0.1) is 0 Å². The van der Waals surface area contributed by atoms with E-state index < -0.39 is 5.78 Å². The highest BCUT2D eigenvalue weighted by Crippen LogP contribution is 2.08. The van der Waals surface area contributed by atoms with Crippen LogP contribution in [0.4, 0.5) is 0 Å². The van der Waals surface area contributed by atoms with Gasteiger partial charge in [0.25, 0.3) is 0 Å². The molecule has 0 amide bonds. The molecule has 11 heavy (non-hydrogen) atoms. The van der Waals surface area contributed by atoms with E-state index in [0.29, 0.717) is 0 Å². The number of nitrogens with two attached hydrogens (primary N) is 1. The van der Waals surface area contributed by atoms with Gasteiger partial charge in [-0.1, -0.05) is 0 Å². The first-order valence-electron chi connectivity index (χ1n) is 2.96. The molecule has 0 saturated carbocycles. The van der Waals surface area contributed by atoms with Gasteiger partial charge in [-0.25, -0.2) is 0 Å². The van der Waals surface area contributed by atoms with Crippen molar-refractivity contribution in [3.05, 3.63) is 23.6 Å². The number of allylic oxidation sites excluding steroid dienone is 2. The molecule has 0 radical (unpaired) electrons. The van der Waals surface area contributed by atoms with Gasteiger partial charge in [-0.05, 0) is 0 Å². The summed E-state index contributed by atoms with van der Waals surface area (Å²) in [6, 6.07) is 0. The summed E-state index contributed by atoms with van der Waals surface area (Å²) in [5.41, 5.74) is 5.13. The Bertz CT molecular complexity index is 275. The second kappa shape index (κ2) is 2.57. The fourth-order valence-corrected chi connectivity index (χ4v) is 0.749. The Hall–Kier alpha value is -1.58. The third-order valence-corrected chi connectivity index (χ3v) is 1.28. The largest absolute Gasteiger partial charge is 0.492 e. The van der Waals surface area contributed by atoms with Gasteiger partial charge in [0.1, 0.15) is 0 Å². The molecule has 0 aromatic heterocycles. The number of hydrogen-bond acceptors (Lipinski definition) is 4. The van der Waals surface area contributed by atoms with Crippen LogP contribution in [-0.4, -0.2) is 18.7 Å². The Labute approximate surface area is 63.3 Å². The summed E-state index contributed by atoms with van der Waals surface area (Å²) in [6.45, 7) is 0. The van der Waals surface area contributed by atoms with Crippen molar-refractivity contribution in [1.82, 2.24) is 0 Å². The zero-order valence-electron chi connectivity index (χ0n) is 5.96. The molecule has 2 N–H and O–H groups in total. The third-order valence-electron chi connectivity index (χ3n) is 1.28. The van der Waals surface area contributed by atoms with Crippen molar-refractivity contribution in [3.8, 4) is 0 Å². The van der Waals surface area contributed by atoms with E-state index in [9.17, 15) is 9.59 Å². The van der Waals surface area contributed by atoms with Crippen LogP contribution in [0.1, 0.15) is 0 Å². The molecule has 58 valence electrons. The van der Waals surface area contributed by atoms with Crippen molar-refractivity contribution in [3.63, 3.8) is 0 Å². The van der Waals surface area contributed by atoms with E-state index in [-0.39, 0.29) is 17.2 Å². The maximum atomic E-state index is 11.0. The molecule has 4 nitrogen and oxygen atoms in total. The van der Waals surface area contributed by atoms with Crippen LogP contribution in [0.5, 0.6) is 0 Å². The van der Waals surface area contributed by atoms with Crippen molar-refractivity contribution in [2.24, 2.45) is 5.73 Å². The Morgan fingerprint density at radius 1 is 1.36 bits per heavy atom. The van der Waals surface area contributed by atoms with Crippen molar-refractivity contribution in [2.45, 2.75) is 0 Å². The minimum atomic E-state index is -0.438. The van der Waals surface area contributed by atoms with E-state index in [1.807, 2.05) is 0 Å². The molecule has 0 aromatic rings. The number of carbonyl (C=O) groups is 2. The summed E-state index contributed by atoms with van der Waals surface area (Å²) in [5.74, 6) is -0.763. The van der Waals surface area contributed by atoms with Gasteiger partial charge in [0.05, 0.1) is 12.8 Å². The number of methoxy groups -OCH3 is 1. The first-order valence-corrected chi connectivity index (χ1v) is 2.96. The number of rotatable bonds is 1. The molecule has 0 aromatic carbocycles. The predicted molar refractivity (Wildman–Crippen MR) is 37.4 cm³/mol. The number of ketones is 2. The normalized spacial score (nSPS) is 17.5. The molecule has 1 aliphatic rings. The van der Waals surface area contributed by atoms with Crippen molar-refractivity contribution in [2.75, 3.05) is 7.11 Å². The molecule has 0 heterocycles. The average Bonchev–Trinajstić information content (AvgIpc) is 1.96. The number of Topliss-reactive ketones (excluding diaryl/α,β-unsaturated/α-hetero) is 1. The minimum absolute atomic E-state index is 0.00463. The molecular weight excluding hydrogens is 146 g/mol. The second-order valence-corrected chi connectivity index (χ2v) is 2.04. The highest BCUT2D eigenvalue weighted by molar-refractivity contribution is 6.18. The highest BCUT2D eigenvalue weighted by atomic mass is 16.5. The van der Waals surface area contributed by atoms with E-state index in [4.69, 9.17) is 5.73 Å². The van der Waals surface area contributed by atoms with Crippen LogP contribution in [0.2, 0.25) is 0 Å². The van der Waals surface area contributed by atoms with Crippen molar-refractivity contribution in [1.29, 1.82) is 0 Å². The smallest absolute Gasteiger partial charge is 0.243 e. The monoisotopic (exact) mass is 153 g/mol. The van der Waals surface area contributed by atoms with Gasteiger partial charge >= 0.3 is 0 Å². The fraction of sp³-hybridized carbons (Fsp3) is 0.143. The van der Waals surface area contributed by atoms with Gasteiger partial charge in [0, 0.05) is 12.2 Å². The average molecular weight is 153 g/mol. The molecule has 4 heteroatoms. The molecule has 0 saturated heterocycles. The Morgan fingerprint density at radius 3 is 2.55 bits per heavy atom. The molecule has 0 aliphatic heterocycles. The maximum absolute atomic E-state index is 11.0. The standard InChI is InChI=1S/C7H7NO3/c1-11-6-3-4(9)2-5(8)7(6)10/h2-3H,8H2,1H3. The Balaban J connectivity index is 3.00. The Kier molecular flexibility index (Phi) is 1.76. The van der Waals surface area contributed by atoms with Crippen LogP contribution in [0.3, 0.4) is 0 Å². The van der Waals surface area contributed by atoms with Gasteiger partial charge < -0.3 is 10.5 Å². The lowest BCUT2D eigenvalue weighted by Gasteiger charge is -2.07. The van der Waals surface area contributed by atoms with Crippen LogP contribution in [0.25, 0.3) is 0 Å². The SMILES string of the molecule is COC1=CC(=O)C=C(N)C1=O. The first kappa shape index (κ1) is 7.53. The predicted octanol–water partition coefficient (Wildman–Crippen LogP) is -0.489. The maximum Gasteiger partial charge on any atom is 0.243 e. The lowest BCUT2D eigenvalue weighted by atomic mass is 10.1. The number of hydrogen-bond donors (Lipinski definition) is 1. The van der Waals surface area contributed by atoms with Crippen LogP contribution in [-0.2, 0) is 14.3 Å². The molecular formula is C7H7NO3. The van der Waals surface area contributed by atoms with E-state index in [1.54, 1.807) is 0 Å². The van der Waals surface area contributed by atoms with Gasteiger partial charge in [-0.15, -0.1) is 0 Å². The summed E-state index contributed by atoms with van der Waals surface area (Å²) in [6.07, 6.45) is 2.18. The minimum Gasteiger partial charge on any atom is -0.492 e. The van der Waals surface area contributed by atoms with E-state index in [1.165, 1.54) is 7.11 Å². The lowest BCUT2D eigenvalue weighted by molar-refractivity contribution is -0.117. The summed E-state index contributed by atoms with van der Waals surface area (Å²) in [7, 11) is 1.32. The van der Waals surface area contributed by atoms with Gasteiger partial charge in [0.15, 0.2) is 11.5 Å². The molecule has 0 fully saturated rings. The molecule has 1 rings (SSSR count). The van der Waals surface area contributed by atoms with Crippen LogP contribution >= 0.6 is 0 Å². The van der Waals surface area contributed by atoms with Gasteiger partial charge in [0.2, 0.25) is 5.78 Å². The van der Waals surface area contributed by atoms with Crippen molar-refractivity contribution < 1.29 is 14.3 Å². The summed E-state index contributed by atoms with van der Waals surface area (Å²) < 4.78 is 4.61. The Morgan fingerprint density at radius 2 is 2.00 bits per heavy atom. The second-order valence-electron chi connectivity index (χ2n) is 2.04. The summed E-state index contributed by atoms with van der Waals surface area (Å²) in [4.78, 5) is 21.7. The van der Waals surface area contributed by atoms with Gasteiger partial charge in [-0.3, -0.25) is 9.59 Å². The fourth-order valence-electron chi connectivity index (χ4n) is 0.749. The molecule has 0 unspecified atom stereocenters. The van der Waals surface area contributed by atoms with Crippen LogP contribution in [0.15, 0.2) is 23.6 Å². The number of carbonyl (C=O) groups excluding carboxylic acids is 2. The molecule has 1 aliphatic carbocycles. The van der Waals surface area contributed by atoms with Crippen molar-refractivity contribution >= 4 is 11.6 Å². The molecule has 0 bridgehead atoms. The molecule has 0 spiro atoms. The molecule has 0 atom stereocenters. The lowest BCUT2D eigenvalue weighted by Crippen LogP contribution is -2.20. The third kappa shape index (κ3) is 1.29. The quantitative estimate of drug-likeness (QED) is 0.516. The first-order chi connectivity index (χ1) is 5.15. The number of ether oxygens (including phenoxy) is 1. The zero-order chi connectivity index (χ0) is 8.43. The van der Waals surface area contributed by atoms with E-state index >= 15 is 0 Å². The van der Waals surface area contributed by atoms with E-state index in [2.05, 4.69) is 4.74 Å². The zero-order valence-corrected chi connectivity index (χ0v) is 5.96. The summed E-state index contributed by atoms with van der Waals surface area (Å²) in [5, 5.41) is 0. The van der Waals surface area contributed by atoms with E-state index in [0.717, 1.165) is 12.2 Å². The topological polar surface area (TPSA) is 69.4 Å². The summed E-state index contributed by atoms with van der Waals surface area (Å²) >= 11 is 0. The highest BCUT2D eigenvalue weighted by Gasteiger charge is 2.19. The van der Waals surface area contributed by atoms with Gasteiger partial charge in [-0.2, -0.15) is 0 Å². The van der Waals surface area contributed by atoms with Crippen LogP contribution < -0.4 is 5.73 Å².